The first-order valence-electron chi connectivity index (χ1n) is 8.26. The van der Waals surface area contributed by atoms with E-state index in [1.807, 2.05) is 31.2 Å². The highest BCUT2D eigenvalue weighted by Crippen LogP contribution is 2.44. The number of esters is 1. The molecular formula is C20H24O3. The van der Waals surface area contributed by atoms with Crippen LogP contribution in [0, 0.1) is 18.8 Å². The summed E-state index contributed by atoms with van der Waals surface area (Å²) in [7, 11) is 0. The molecule has 0 radical (unpaired) electrons. The number of benzene rings is 1. The van der Waals surface area contributed by atoms with Gasteiger partial charge in [0.05, 0.1) is 12.5 Å². The molecular weight excluding hydrogens is 288 g/mol. The van der Waals surface area contributed by atoms with Crippen molar-refractivity contribution in [3.8, 4) is 0 Å². The average Bonchev–Trinajstić information content (AvgIpc) is 2.99. The standard InChI is InChI=1S/C20H24O3/c1-12-5-4-6-15(9-12)14(3)18(21)8-7-16-13(2)10-19-17(16)11-20(22)23-19/h4-9,14,16-19,21H,2,10-11H2,1,3H3/b8-7+/t14-,16+,17-,18+,19+/m1/s1. The lowest BCUT2D eigenvalue weighted by atomic mass is 9.89. The van der Waals surface area contributed by atoms with Gasteiger partial charge in [-0.25, -0.2) is 0 Å². The number of carbonyl (C=O) groups excluding carboxylic acids is 1. The van der Waals surface area contributed by atoms with Gasteiger partial charge in [0.15, 0.2) is 0 Å². The van der Waals surface area contributed by atoms with E-state index in [0.29, 0.717) is 6.42 Å². The second-order valence-corrected chi connectivity index (χ2v) is 6.86. The van der Waals surface area contributed by atoms with Crippen LogP contribution in [0.15, 0.2) is 48.6 Å². The zero-order valence-electron chi connectivity index (χ0n) is 13.7. The average molecular weight is 312 g/mol. The SMILES string of the molecule is C=C1C[C@@H]2OC(=O)C[C@@H]2[C@H]1/C=C/[C@H](O)[C@H](C)c1cccc(C)c1. The molecule has 0 bridgehead atoms. The van der Waals surface area contributed by atoms with Gasteiger partial charge in [0.1, 0.15) is 6.10 Å². The minimum absolute atomic E-state index is 0.0176. The Morgan fingerprint density at radius 1 is 1.39 bits per heavy atom. The molecule has 0 spiro atoms. The topological polar surface area (TPSA) is 46.5 Å². The number of ether oxygens (including phenoxy) is 1. The lowest BCUT2D eigenvalue weighted by Gasteiger charge is -2.18. The lowest BCUT2D eigenvalue weighted by molar-refractivity contribution is -0.141. The molecule has 3 heteroatoms. The normalized spacial score (nSPS) is 29.6. The summed E-state index contributed by atoms with van der Waals surface area (Å²) in [5.74, 6) is 0.233. The Labute approximate surface area is 137 Å². The molecule has 3 rings (SSSR count). The first-order valence-corrected chi connectivity index (χ1v) is 8.26. The fraction of sp³-hybridized carbons (Fsp3) is 0.450. The Hall–Kier alpha value is -1.87. The third-order valence-electron chi connectivity index (χ3n) is 5.15. The largest absolute Gasteiger partial charge is 0.462 e. The van der Waals surface area contributed by atoms with E-state index in [1.165, 1.54) is 5.56 Å². The second kappa shape index (κ2) is 6.32. The van der Waals surface area contributed by atoms with Gasteiger partial charge in [-0.15, -0.1) is 0 Å². The van der Waals surface area contributed by atoms with Crippen molar-refractivity contribution in [2.75, 3.05) is 0 Å². The van der Waals surface area contributed by atoms with Crippen LogP contribution in [0.25, 0.3) is 0 Å². The molecule has 1 aromatic rings. The predicted molar refractivity (Wildman–Crippen MR) is 90.0 cm³/mol. The van der Waals surface area contributed by atoms with Gasteiger partial charge in [-0.05, 0) is 12.5 Å². The third-order valence-corrected chi connectivity index (χ3v) is 5.15. The van der Waals surface area contributed by atoms with Gasteiger partial charge >= 0.3 is 5.97 Å². The second-order valence-electron chi connectivity index (χ2n) is 6.86. The van der Waals surface area contributed by atoms with E-state index in [4.69, 9.17) is 4.74 Å². The number of fused-ring (bicyclic) bond motifs is 1. The van der Waals surface area contributed by atoms with Crippen molar-refractivity contribution in [1.29, 1.82) is 0 Å². The molecule has 1 saturated carbocycles. The quantitative estimate of drug-likeness (QED) is 0.683. The number of aryl methyl sites for hydroxylation is 1. The van der Waals surface area contributed by atoms with Crippen molar-refractivity contribution in [1.82, 2.24) is 0 Å². The van der Waals surface area contributed by atoms with E-state index < -0.39 is 6.10 Å². The van der Waals surface area contributed by atoms with Crippen molar-refractivity contribution < 1.29 is 14.6 Å². The van der Waals surface area contributed by atoms with Crippen LogP contribution in [0.2, 0.25) is 0 Å². The van der Waals surface area contributed by atoms with Crippen LogP contribution in [0.1, 0.15) is 36.8 Å². The highest BCUT2D eigenvalue weighted by atomic mass is 16.6. The Morgan fingerprint density at radius 3 is 2.91 bits per heavy atom. The van der Waals surface area contributed by atoms with Crippen LogP contribution in [0.4, 0.5) is 0 Å². The maximum Gasteiger partial charge on any atom is 0.306 e. The van der Waals surface area contributed by atoms with E-state index in [-0.39, 0.29) is 29.8 Å². The van der Waals surface area contributed by atoms with Gasteiger partial charge in [0, 0.05) is 24.2 Å². The molecule has 1 N–H and O–H groups in total. The van der Waals surface area contributed by atoms with Gasteiger partial charge in [0.25, 0.3) is 0 Å². The summed E-state index contributed by atoms with van der Waals surface area (Å²) in [6.45, 7) is 8.19. The van der Waals surface area contributed by atoms with E-state index in [1.54, 1.807) is 0 Å². The number of hydrogen-bond donors (Lipinski definition) is 1. The zero-order valence-corrected chi connectivity index (χ0v) is 13.7. The minimum atomic E-state index is -0.554. The summed E-state index contributed by atoms with van der Waals surface area (Å²) >= 11 is 0. The molecule has 0 amide bonds. The first kappa shape index (κ1) is 16.0. The van der Waals surface area contributed by atoms with Crippen molar-refractivity contribution in [2.24, 2.45) is 11.8 Å². The Balaban J connectivity index is 1.69. The zero-order chi connectivity index (χ0) is 16.6. The minimum Gasteiger partial charge on any atom is -0.462 e. The number of hydrogen-bond acceptors (Lipinski definition) is 3. The van der Waals surface area contributed by atoms with Crippen LogP contribution < -0.4 is 0 Å². The number of rotatable bonds is 4. The van der Waals surface area contributed by atoms with Crippen LogP contribution in [-0.4, -0.2) is 23.3 Å². The Kier molecular flexibility index (Phi) is 4.40. The van der Waals surface area contributed by atoms with E-state index in [9.17, 15) is 9.90 Å². The molecule has 1 aromatic carbocycles. The van der Waals surface area contributed by atoms with Crippen LogP contribution in [-0.2, 0) is 9.53 Å². The van der Waals surface area contributed by atoms with Crippen molar-refractivity contribution in [2.45, 2.75) is 44.8 Å². The van der Waals surface area contributed by atoms with E-state index >= 15 is 0 Å². The fourth-order valence-corrected chi connectivity index (χ4v) is 3.71. The third kappa shape index (κ3) is 3.25. The van der Waals surface area contributed by atoms with Gasteiger partial charge in [-0.2, -0.15) is 0 Å². The predicted octanol–water partition coefficient (Wildman–Crippen LogP) is 3.52. The number of aliphatic hydroxyl groups is 1. The lowest BCUT2D eigenvalue weighted by Crippen LogP contribution is -2.16. The number of carbonyl (C=O) groups is 1. The maximum absolute atomic E-state index is 11.4. The molecule has 0 aromatic heterocycles. The highest BCUT2D eigenvalue weighted by molar-refractivity contribution is 5.73. The summed E-state index contributed by atoms with van der Waals surface area (Å²) in [6.07, 6.45) is 4.51. The van der Waals surface area contributed by atoms with Crippen molar-refractivity contribution >= 4 is 5.97 Å². The van der Waals surface area contributed by atoms with Crippen LogP contribution in [0.3, 0.4) is 0 Å². The monoisotopic (exact) mass is 312 g/mol. The van der Waals surface area contributed by atoms with E-state index in [2.05, 4.69) is 25.6 Å². The fourth-order valence-electron chi connectivity index (χ4n) is 3.71. The van der Waals surface area contributed by atoms with Crippen LogP contribution >= 0.6 is 0 Å². The molecule has 23 heavy (non-hydrogen) atoms. The molecule has 1 aliphatic carbocycles. The summed E-state index contributed by atoms with van der Waals surface area (Å²) in [5, 5.41) is 10.5. The smallest absolute Gasteiger partial charge is 0.306 e. The first-order chi connectivity index (χ1) is 11.0. The molecule has 2 fully saturated rings. The molecule has 1 saturated heterocycles. The molecule has 1 heterocycles. The highest BCUT2D eigenvalue weighted by Gasteiger charge is 2.45. The van der Waals surface area contributed by atoms with Crippen LogP contribution in [0.5, 0.6) is 0 Å². The summed E-state index contributed by atoms with van der Waals surface area (Å²) < 4.78 is 5.33. The summed E-state index contributed by atoms with van der Waals surface area (Å²) in [4.78, 5) is 11.4. The molecule has 5 atom stereocenters. The molecule has 0 unspecified atom stereocenters. The maximum atomic E-state index is 11.4. The van der Waals surface area contributed by atoms with Gasteiger partial charge in [-0.1, -0.05) is 61.1 Å². The molecule has 2 aliphatic rings. The number of allylic oxidation sites excluding steroid dienone is 1. The molecule has 1 aliphatic heterocycles. The van der Waals surface area contributed by atoms with Gasteiger partial charge in [-0.3, -0.25) is 4.79 Å². The van der Waals surface area contributed by atoms with E-state index in [0.717, 1.165) is 17.6 Å². The van der Waals surface area contributed by atoms with Gasteiger partial charge < -0.3 is 9.84 Å². The molecule has 122 valence electrons. The van der Waals surface area contributed by atoms with Crippen molar-refractivity contribution in [3.05, 3.63) is 59.7 Å². The Morgan fingerprint density at radius 2 is 2.17 bits per heavy atom. The van der Waals surface area contributed by atoms with Crippen molar-refractivity contribution in [3.63, 3.8) is 0 Å². The number of aliphatic hydroxyl groups excluding tert-OH is 1. The van der Waals surface area contributed by atoms with Gasteiger partial charge in [0.2, 0.25) is 0 Å². The summed E-state index contributed by atoms with van der Waals surface area (Å²) in [5.41, 5.74) is 3.42. The Bertz CT molecular complexity index is 646. The summed E-state index contributed by atoms with van der Waals surface area (Å²) in [6, 6.07) is 8.22. The molecule has 3 nitrogen and oxygen atoms in total.